The minimum Gasteiger partial charge on any atom is -0.449 e. The topological polar surface area (TPSA) is 77.5 Å². The lowest BCUT2D eigenvalue weighted by atomic mass is 10.1. The summed E-state index contributed by atoms with van der Waals surface area (Å²) in [4.78, 5) is 29.3. The largest absolute Gasteiger partial charge is 0.449 e. The monoisotopic (exact) mass is 342 g/mol. The van der Waals surface area contributed by atoms with E-state index in [0.717, 1.165) is 29.4 Å². The number of methoxy groups -OCH3 is 1. The number of para-hydroxylation sites is 1. The number of carbonyl (C=O) groups is 2. The Bertz CT molecular complexity index is 786. The van der Waals surface area contributed by atoms with Gasteiger partial charge in [-0.1, -0.05) is 18.2 Å². The normalized spacial score (nSPS) is 15.0. The molecule has 1 saturated carbocycles. The van der Waals surface area contributed by atoms with Crippen LogP contribution < -0.4 is 5.32 Å². The maximum atomic E-state index is 12.6. The molecule has 132 valence electrons. The number of nitrogens with zero attached hydrogens (tertiary/aromatic N) is 1. The van der Waals surface area contributed by atoms with Crippen LogP contribution in [0.4, 0.5) is 0 Å². The van der Waals surface area contributed by atoms with Gasteiger partial charge in [-0.05, 0) is 31.9 Å². The molecule has 0 radical (unpaired) electrons. The molecule has 1 atom stereocenters. The Morgan fingerprint density at radius 1 is 1.32 bits per heavy atom. The van der Waals surface area contributed by atoms with E-state index in [-0.39, 0.29) is 5.91 Å². The van der Waals surface area contributed by atoms with Crippen molar-refractivity contribution < 1.29 is 19.1 Å². The van der Waals surface area contributed by atoms with Crippen molar-refractivity contribution in [1.29, 1.82) is 0 Å². The number of esters is 1. The average molecular weight is 342 g/mol. The number of nitrogens with one attached hydrogen (secondary N) is 1. The molecule has 0 spiro atoms. The van der Waals surface area contributed by atoms with E-state index < -0.39 is 12.1 Å². The van der Waals surface area contributed by atoms with Crippen molar-refractivity contribution in [3.05, 3.63) is 41.6 Å². The van der Waals surface area contributed by atoms with E-state index in [1.54, 1.807) is 20.1 Å². The molecule has 0 unspecified atom stereocenters. The van der Waals surface area contributed by atoms with E-state index in [9.17, 15) is 9.59 Å². The third-order valence-corrected chi connectivity index (χ3v) is 4.21. The number of fused-ring (bicyclic) bond motifs is 1. The van der Waals surface area contributed by atoms with Gasteiger partial charge in [0.1, 0.15) is 0 Å². The molecule has 0 aliphatic heterocycles. The number of hydrogen-bond donors (Lipinski definition) is 1. The van der Waals surface area contributed by atoms with Gasteiger partial charge in [0.25, 0.3) is 5.91 Å². The summed E-state index contributed by atoms with van der Waals surface area (Å²) in [5.41, 5.74) is 2.16. The third-order valence-electron chi connectivity index (χ3n) is 4.21. The van der Waals surface area contributed by atoms with Gasteiger partial charge in [0, 0.05) is 30.7 Å². The molecule has 1 aliphatic carbocycles. The van der Waals surface area contributed by atoms with Gasteiger partial charge in [0.05, 0.1) is 17.7 Å². The molecule has 0 bridgehead atoms. The SMILES string of the molecule is COCCNC(=O)[C@H](C)OC(=O)c1cc(C2CC2)nc2ccccc12. The van der Waals surface area contributed by atoms with Crippen LogP contribution in [0, 0.1) is 0 Å². The van der Waals surface area contributed by atoms with Crippen molar-refractivity contribution in [3.8, 4) is 0 Å². The first kappa shape index (κ1) is 17.4. The Balaban J connectivity index is 1.78. The molecule has 1 amide bonds. The lowest BCUT2D eigenvalue weighted by molar-refractivity contribution is -0.129. The van der Waals surface area contributed by atoms with Crippen molar-refractivity contribution in [2.24, 2.45) is 0 Å². The van der Waals surface area contributed by atoms with Gasteiger partial charge in [-0.25, -0.2) is 4.79 Å². The summed E-state index contributed by atoms with van der Waals surface area (Å²) in [6.07, 6.45) is 1.32. The summed E-state index contributed by atoms with van der Waals surface area (Å²) in [6, 6.07) is 9.29. The minimum absolute atomic E-state index is 0.342. The molecular formula is C19H22N2O4. The summed E-state index contributed by atoms with van der Waals surface area (Å²) in [5, 5.41) is 3.40. The Kier molecular flexibility index (Phi) is 5.28. The summed E-state index contributed by atoms with van der Waals surface area (Å²) < 4.78 is 10.3. The van der Waals surface area contributed by atoms with E-state index in [1.807, 2.05) is 24.3 Å². The fourth-order valence-corrected chi connectivity index (χ4v) is 2.65. The zero-order valence-electron chi connectivity index (χ0n) is 14.5. The molecule has 25 heavy (non-hydrogen) atoms. The molecule has 1 N–H and O–H groups in total. The number of pyridine rings is 1. The number of aromatic nitrogens is 1. The summed E-state index contributed by atoms with van der Waals surface area (Å²) in [5.74, 6) is -0.424. The molecule has 1 aromatic heterocycles. The fourth-order valence-electron chi connectivity index (χ4n) is 2.65. The maximum Gasteiger partial charge on any atom is 0.339 e. The summed E-state index contributed by atoms with van der Waals surface area (Å²) in [7, 11) is 1.56. The van der Waals surface area contributed by atoms with Crippen LogP contribution in [0.15, 0.2) is 30.3 Å². The Hall–Kier alpha value is -2.47. The predicted octanol–water partition coefficient (Wildman–Crippen LogP) is 2.42. The highest BCUT2D eigenvalue weighted by Crippen LogP contribution is 2.40. The van der Waals surface area contributed by atoms with Crippen LogP contribution in [0.3, 0.4) is 0 Å². The second-order valence-corrected chi connectivity index (χ2v) is 6.22. The highest BCUT2D eigenvalue weighted by atomic mass is 16.5. The van der Waals surface area contributed by atoms with Crippen LogP contribution in [0.25, 0.3) is 10.9 Å². The molecule has 6 nitrogen and oxygen atoms in total. The van der Waals surface area contributed by atoms with Crippen LogP contribution >= 0.6 is 0 Å². The van der Waals surface area contributed by atoms with Gasteiger partial charge in [0.2, 0.25) is 0 Å². The average Bonchev–Trinajstić information content (AvgIpc) is 3.45. The molecule has 0 saturated heterocycles. The smallest absolute Gasteiger partial charge is 0.339 e. The summed E-state index contributed by atoms with van der Waals surface area (Å²) in [6.45, 7) is 2.35. The summed E-state index contributed by atoms with van der Waals surface area (Å²) >= 11 is 0. The zero-order chi connectivity index (χ0) is 17.8. The van der Waals surface area contributed by atoms with Crippen LogP contribution in [0.5, 0.6) is 0 Å². The first-order valence-corrected chi connectivity index (χ1v) is 8.47. The van der Waals surface area contributed by atoms with Crippen LogP contribution in [-0.2, 0) is 14.3 Å². The number of benzene rings is 1. The van der Waals surface area contributed by atoms with E-state index in [0.29, 0.717) is 24.6 Å². The second kappa shape index (κ2) is 7.61. The number of rotatable bonds is 7. The fraction of sp³-hybridized carbons (Fsp3) is 0.421. The second-order valence-electron chi connectivity index (χ2n) is 6.22. The molecule has 1 fully saturated rings. The van der Waals surface area contributed by atoms with Gasteiger partial charge in [0.15, 0.2) is 6.10 Å². The van der Waals surface area contributed by atoms with Crippen molar-refractivity contribution >= 4 is 22.8 Å². The molecular weight excluding hydrogens is 320 g/mol. The van der Waals surface area contributed by atoms with Crippen LogP contribution in [0.1, 0.15) is 41.7 Å². The molecule has 6 heteroatoms. The quantitative estimate of drug-likeness (QED) is 0.618. The van der Waals surface area contributed by atoms with Crippen molar-refractivity contribution in [3.63, 3.8) is 0 Å². The maximum absolute atomic E-state index is 12.6. The zero-order valence-corrected chi connectivity index (χ0v) is 14.5. The first-order chi connectivity index (χ1) is 12.1. The van der Waals surface area contributed by atoms with Crippen LogP contribution in [-0.4, -0.2) is 43.2 Å². The van der Waals surface area contributed by atoms with E-state index in [4.69, 9.17) is 9.47 Å². The number of ether oxygens (including phenoxy) is 2. The van der Waals surface area contributed by atoms with Gasteiger partial charge >= 0.3 is 5.97 Å². The first-order valence-electron chi connectivity index (χ1n) is 8.47. The van der Waals surface area contributed by atoms with E-state index >= 15 is 0 Å². The van der Waals surface area contributed by atoms with Gasteiger partial charge in [-0.3, -0.25) is 9.78 Å². The van der Waals surface area contributed by atoms with Gasteiger partial charge in [-0.2, -0.15) is 0 Å². The molecule has 1 heterocycles. The van der Waals surface area contributed by atoms with E-state index in [2.05, 4.69) is 10.3 Å². The standard InChI is InChI=1S/C19H22N2O4/c1-12(18(22)20-9-10-24-2)25-19(23)15-11-17(13-7-8-13)21-16-6-4-3-5-14(15)16/h3-6,11-13H,7-10H2,1-2H3,(H,20,22)/t12-/m0/s1. The lowest BCUT2D eigenvalue weighted by Crippen LogP contribution is -2.37. The van der Waals surface area contributed by atoms with Gasteiger partial charge in [-0.15, -0.1) is 0 Å². The molecule has 2 aromatic rings. The Morgan fingerprint density at radius 3 is 2.80 bits per heavy atom. The highest BCUT2D eigenvalue weighted by molar-refractivity contribution is 6.04. The number of carbonyl (C=O) groups excluding carboxylic acids is 2. The Morgan fingerprint density at radius 2 is 2.08 bits per heavy atom. The molecule has 1 aromatic carbocycles. The van der Waals surface area contributed by atoms with E-state index in [1.165, 1.54) is 0 Å². The number of hydrogen-bond acceptors (Lipinski definition) is 5. The minimum atomic E-state index is -0.874. The van der Waals surface area contributed by atoms with Crippen molar-refractivity contribution in [2.45, 2.75) is 31.8 Å². The van der Waals surface area contributed by atoms with Crippen molar-refractivity contribution in [1.82, 2.24) is 10.3 Å². The highest BCUT2D eigenvalue weighted by Gasteiger charge is 2.28. The third kappa shape index (κ3) is 4.14. The van der Waals surface area contributed by atoms with Crippen molar-refractivity contribution in [2.75, 3.05) is 20.3 Å². The number of amides is 1. The molecule has 3 rings (SSSR count). The van der Waals surface area contributed by atoms with Gasteiger partial charge < -0.3 is 14.8 Å². The predicted molar refractivity (Wildman–Crippen MR) is 93.5 cm³/mol. The Labute approximate surface area is 146 Å². The van der Waals surface area contributed by atoms with Crippen LogP contribution in [0.2, 0.25) is 0 Å². The molecule has 1 aliphatic rings. The lowest BCUT2D eigenvalue weighted by Gasteiger charge is -2.15.